The van der Waals surface area contributed by atoms with Crippen LogP contribution in [0.4, 0.5) is 0 Å². The van der Waals surface area contributed by atoms with Crippen LogP contribution in [0.25, 0.3) is 0 Å². The van der Waals surface area contributed by atoms with Gasteiger partial charge < -0.3 is 10.0 Å². The molecule has 122 valence electrons. The SMILES string of the molecule is O=C(O)[C@H]1CCC(=O)N(CCCn2cccn2)[C@H]1c1ccsc1. The number of carbonyl (C=O) groups excluding carboxylic acids is 1. The van der Waals surface area contributed by atoms with Crippen LogP contribution in [0.15, 0.2) is 35.3 Å². The summed E-state index contributed by atoms with van der Waals surface area (Å²) < 4.78 is 1.82. The van der Waals surface area contributed by atoms with Crippen molar-refractivity contribution in [2.75, 3.05) is 6.54 Å². The zero-order valence-electron chi connectivity index (χ0n) is 12.7. The van der Waals surface area contributed by atoms with E-state index in [1.54, 1.807) is 11.1 Å². The average Bonchev–Trinajstić information content (AvgIpc) is 3.21. The first kappa shape index (κ1) is 15.7. The molecule has 1 saturated heterocycles. The highest BCUT2D eigenvalue weighted by Gasteiger charge is 2.40. The molecule has 2 aromatic heterocycles. The summed E-state index contributed by atoms with van der Waals surface area (Å²) in [6.45, 7) is 1.26. The number of aryl methyl sites for hydroxylation is 1. The van der Waals surface area contributed by atoms with Crippen LogP contribution in [-0.4, -0.2) is 38.2 Å². The molecule has 0 bridgehead atoms. The summed E-state index contributed by atoms with van der Waals surface area (Å²) in [7, 11) is 0. The van der Waals surface area contributed by atoms with Crippen LogP contribution in [0.1, 0.15) is 30.9 Å². The minimum absolute atomic E-state index is 0.0409. The highest BCUT2D eigenvalue weighted by Crippen LogP contribution is 2.37. The summed E-state index contributed by atoms with van der Waals surface area (Å²) in [6.07, 6.45) is 5.07. The number of rotatable bonds is 6. The molecule has 0 radical (unpaired) electrons. The smallest absolute Gasteiger partial charge is 0.308 e. The number of piperidine rings is 1. The minimum atomic E-state index is -0.828. The molecule has 3 heterocycles. The number of hydrogen-bond acceptors (Lipinski definition) is 4. The Hall–Kier alpha value is -2.15. The molecule has 0 spiro atoms. The number of carboxylic acids is 1. The maximum Gasteiger partial charge on any atom is 0.308 e. The van der Waals surface area contributed by atoms with Gasteiger partial charge in [0.25, 0.3) is 0 Å². The maximum atomic E-state index is 12.4. The largest absolute Gasteiger partial charge is 0.481 e. The van der Waals surface area contributed by atoms with Crippen LogP contribution in [0, 0.1) is 5.92 Å². The molecular weight excluding hydrogens is 314 g/mol. The van der Waals surface area contributed by atoms with Gasteiger partial charge >= 0.3 is 5.97 Å². The van der Waals surface area contributed by atoms with E-state index >= 15 is 0 Å². The van der Waals surface area contributed by atoms with Crippen molar-refractivity contribution in [1.29, 1.82) is 0 Å². The Labute approximate surface area is 138 Å². The van der Waals surface area contributed by atoms with E-state index in [1.807, 2.05) is 33.8 Å². The molecule has 0 saturated carbocycles. The predicted molar refractivity (Wildman–Crippen MR) is 86.0 cm³/mol. The Morgan fingerprint density at radius 3 is 2.96 bits per heavy atom. The van der Waals surface area contributed by atoms with Crippen molar-refractivity contribution in [3.05, 3.63) is 40.8 Å². The van der Waals surface area contributed by atoms with Crippen LogP contribution in [0.2, 0.25) is 0 Å². The lowest BCUT2D eigenvalue weighted by atomic mass is 9.85. The molecule has 2 atom stereocenters. The summed E-state index contributed by atoms with van der Waals surface area (Å²) in [6, 6.07) is 3.42. The Morgan fingerprint density at radius 2 is 2.30 bits per heavy atom. The highest BCUT2D eigenvalue weighted by molar-refractivity contribution is 7.08. The lowest BCUT2D eigenvalue weighted by Crippen LogP contribution is -2.45. The summed E-state index contributed by atoms with van der Waals surface area (Å²) >= 11 is 1.53. The molecule has 6 nitrogen and oxygen atoms in total. The average molecular weight is 333 g/mol. The molecule has 0 aromatic carbocycles. The van der Waals surface area contributed by atoms with Crippen molar-refractivity contribution >= 4 is 23.2 Å². The van der Waals surface area contributed by atoms with E-state index in [0.717, 1.165) is 12.0 Å². The number of aliphatic carboxylic acids is 1. The molecule has 2 aromatic rings. The number of likely N-dealkylation sites (tertiary alicyclic amines) is 1. The second kappa shape index (κ2) is 6.95. The minimum Gasteiger partial charge on any atom is -0.481 e. The number of hydrogen-bond donors (Lipinski definition) is 1. The van der Waals surface area contributed by atoms with E-state index in [2.05, 4.69) is 5.10 Å². The van der Waals surface area contributed by atoms with E-state index in [-0.39, 0.29) is 11.9 Å². The van der Waals surface area contributed by atoms with Gasteiger partial charge in [-0.2, -0.15) is 16.4 Å². The normalized spacial score (nSPS) is 21.6. The molecule has 1 aliphatic rings. The number of thiophene rings is 1. The Kier molecular flexibility index (Phi) is 4.76. The quantitative estimate of drug-likeness (QED) is 0.881. The first-order valence-corrected chi connectivity index (χ1v) is 8.63. The van der Waals surface area contributed by atoms with Crippen molar-refractivity contribution in [1.82, 2.24) is 14.7 Å². The zero-order chi connectivity index (χ0) is 16.2. The molecule has 0 unspecified atom stereocenters. The standard InChI is InChI=1S/C16H19N3O3S/c20-14-4-3-13(16(21)22)15(12-5-10-23-11-12)19(14)9-2-8-18-7-1-6-17-18/h1,5-7,10-11,13,15H,2-4,8-9H2,(H,21,22)/t13-,15-/m0/s1. The number of carboxylic acid groups (broad SMARTS) is 1. The van der Waals surface area contributed by atoms with Gasteiger partial charge in [-0.3, -0.25) is 14.3 Å². The van der Waals surface area contributed by atoms with Crippen molar-refractivity contribution in [2.24, 2.45) is 5.92 Å². The molecule has 1 fully saturated rings. The van der Waals surface area contributed by atoms with Crippen LogP contribution in [0.3, 0.4) is 0 Å². The molecule has 3 rings (SSSR count). The third-order valence-corrected chi connectivity index (χ3v) is 4.96. The van der Waals surface area contributed by atoms with Crippen LogP contribution in [-0.2, 0) is 16.1 Å². The zero-order valence-corrected chi connectivity index (χ0v) is 13.5. The maximum absolute atomic E-state index is 12.4. The fourth-order valence-electron chi connectivity index (χ4n) is 3.17. The molecular formula is C16H19N3O3S. The first-order chi connectivity index (χ1) is 11.2. The Bertz CT molecular complexity index is 654. The highest BCUT2D eigenvalue weighted by atomic mass is 32.1. The van der Waals surface area contributed by atoms with Crippen molar-refractivity contribution < 1.29 is 14.7 Å². The van der Waals surface area contributed by atoms with Gasteiger partial charge in [0.05, 0.1) is 12.0 Å². The van der Waals surface area contributed by atoms with Gasteiger partial charge in [0, 0.05) is 31.9 Å². The van der Waals surface area contributed by atoms with Crippen LogP contribution in [0.5, 0.6) is 0 Å². The Morgan fingerprint density at radius 1 is 1.43 bits per heavy atom. The lowest BCUT2D eigenvalue weighted by molar-refractivity contribution is -0.152. The Balaban J connectivity index is 1.75. The third kappa shape index (κ3) is 3.44. The van der Waals surface area contributed by atoms with E-state index in [4.69, 9.17) is 0 Å². The first-order valence-electron chi connectivity index (χ1n) is 7.68. The van der Waals surface area contributed by atoms with Gasteiger partial charge in [-0.1, -0.05) is 0 Å². The fourth-order valence-corrected chi connectivity index (χ4v) is 3.86. The van der Waals surface area contributed by atoms with Gasteiger partial charge in [0.1, 0.15) is 0 Å². The molecule has 1 N–H and O–H groups in total. The molecule has 0 aliphatic carbocycles. The summed E-state index contributed by atoms with van der Waals surface area (Å²) in [5.41, 5.74) is 0.925. The number of carbonyl (C=O) groups is 2. The van der Waals surface area contributed by atoms with E-state index in [0.29, 0.717) is 25.9 Å². The van der Waals surface area contributed by atoms with Crippen molar-refractivity contribution in [3.63, 3.8) is 0 Å². The van der Waals surface area contributed by atoms with Crippen molar-refractivity contribution in [2.45, 2.75) is 31.8 Å². The summed E-state index contributed by atoms with van der Waals surface area (Å²) in [4.78, 5) is 25.7. The molecule has 23 heavy (non-hydrogen) atoms. The lowest BCUT2D eigenvalue weighted by Gasteiger charge is -2.39. The van der Waals surface area contributed by atoms with E-state index < -0.39 is 11.9 Å². The summed E-state index contributed by atoms with van der Waals surface area (Å²) in [5.74, 6) is -1.32. The second-order valence-corrected chi connectivity index (χ2v) is 6.47. The van der Waals surface area contributed by atoms with Crippen molar-refractivity contribution in [3.8, 4) is 0 Å². The monoisotopic (exact) mass is 333 g/mol. The van der Waals surface area contributed by atoms with Gasteiger partial charge in [0.2, 0.25) is 5.91 Å². The second-order valence-electron chi connectivity index (χ2n) is 5.69. The van der Waals surface area contributed by atoms with E-state index in [9.17, 15) is 14.7 Å². The van der Waals surface area contributed by atoms with Gasteiger partial charge in [-0.25, -0.2) is 0 Å². The molecule has 1 aliphatic heterocycles. The predicted octanol–water partition coefficient (Wildman–Crippen LogP) is 2.40. The van der Waals surface area contributed by atoms with Gasteiger partial charge in [-0.05, 0) is 41.3 Å². The van der Waals surface area contributed by atoms with Gasteiger partial charge in [0.15, 0.2) is 0 Å². The van der Waals surface area contributed by atoms with E-state index in [1.165, 1.54) is 11.3 Å². The number of amides is 1. The fraction of sp³-hybridized carbons (Fsp3) is 0.438. The van der Waals surface area contributed by atoms with Crippen LogP contribution < -0.4 is 0 Å². The summed E-state index contributed by atoms with van der Waals surface area (Å²) in [5, 5.41) is 17.6. The topological polar surface area (TPSA) is 75.4 Å². The molecule has 7 heteroatoms. The number of nitrogens with zero attached hydrogens (tertiary/aromatic N) is 3. The van der Waals surface area contributed by atoms with Gasteiger partial charge in [-0.15, -0.1) is 0 Å². The van der Waals surface area contributed by atoms with Crippen LogP contribution >= 0.6 is 11.3 Å². The third-order valence-electron chi connectivity index (χ3n) is 4.25. The number of aromatic nitrogens is 2. The molecule has 1 amide bonds.